The second-order valence-corrected chi connectivity index (χ2v) is 7.66. The van der Waals surface area contributed by atoms with Crippen molar-refractivity contribution in [2.75, 3.05) is 12.3 Å². The number of aliphatic hydroxyl groups excluding tert-OH is 4. The van der Waals surface area contributed by atoms with Crippen LogP contribution in [0.1, 0.15) is 30.6 Å². The number of nitrogens with two attached hydrogens (primary N) is 1. The van der Waals surface area contributed by atoms with Gasteiger partial charge in [0, 0.05) is 6.54 Å². The van der Waals surface area contributed by atoms with Crippen molar-refractivity contribution in [2.24, 2.45) is 0 Å². The van der Waals surface area contributed by atoms with E-state index in [9.17, 15) is 25.2 Å². The smallest absolute Gasteiger partial charge is 0.211 e. The van der Waals surface area contributed by atoms with Crippen LogP contribution in [-0.2, 0) is 9.53 Å². The summed E-state index contributed by atoms with van der Waals surface area (Å²) in [5, 5.41) is 41.7. The summed E-state index contributed by atoms with van der Waals surface area (Å²) in [4.78, 5) is 24.8. The van der Waals surface area contributed by atoms with E-state index in [2.05, 4.69) is 26.8 Å². The summed E-state index contributed by atoms with van der Waals surface area (Å²) in [6.45, 7) is 1.82. The largest absolute Gasteiger partial charge is 0.387 e. The monoisotopic (exact) mass is 468 g/mol. The van der Waals surface area contributed by atoms with Crippen LogP contribution in [0.3, 0.4) is 0 Å². The molecule has 12 heteroatoms. The van der Waals surface area contributed by atoms with E-state index in [1.807, 2.05) is 6.07 Å². The van der Waals surface area contributed by atoms with Crippen LogP contribution in [0.15, 0.2) is 36.7 Å². The lowest BCUT2D eigenvalue weighted by atomic mass is 10.1. The number of aromatic nitrogens is 4. The minimum atomic E-state index is -1.49. The van der Waals surface area contributed by atoms with Gasteiger partial charge in [-0.15, -0.1) is 0 Å². The number of benzene rings is 1. The van der Waals surface area contributed by atoms with Crippen LogP contribution in [0.25, 0.3) is 11.2 Å². The number of likely N-dealkylation sites (N-methyl/N-ethyl adjacent to an activating group) is 1. The molecule has 3 aromatic rings. The van der Waals surface area contributed by atoms with Gasteiger partial charge in [-0.3, -0.25) is 9.36 Å². The number of nitrogen functional groups attached to an aromatic ring is 1. The summed E-state index contributed by atoms with van der Waals surface area (Å²) in [5.41, 5.74) is 6.99. The molecule has 0 aliphatic carbocycles. The molecule has 1 saturated heterocycles. The number of amides is 1. The lowest BCUT2D eigenvalue weighted by Crippen LogP contribution is -2.48. The molecule has 1 aromatic carbocycles. The Balaban J connectivity index is 1.65. The Labute approximate surface area is 194 Å². The molecule has 1 amide bonds. The molecule has 0 radical (unpaired) electrons. The van der Waals surface area contributed by atoms with E-state index in [1.165, 1.54) is 10.9 Å². The summed E-state index contributed by atoms with van der Waals surface area (Å²) in [6.07, 6.45) is -6.24. The maximum absolute atomic E-state index is 11.2. The third kappa shape index (κ3) is 4.30. The van der Waals surface area contributed by atoms with Crippen LogP contribution in [0.2, 0.25) is 0 Å². The molecule has 0 bridgehead atoms. The highest BCUT2D eigenvalue weighted by Crippen LogP contribution is 2.34. The van der Waals surface area contributed by atoms with E-state index in [0.29, 0.717) is 12.0 Å². The van der Waals surface area contributed by atoms with Gasteiger partial charge in [0.25, 0.3) is 0 Å². The van der Waals surface area contributed by atoms with E-state index in [4.69, 9.17) is 10.5 Å². The van der Waals surface area contributed by atoms with Crippen molar-refractivity contribution < 1.29 is 30.0 Å². The van der Waals surface area contributed by atoms with E-state index < -0.39 is 36.9 Å². The van der Waals surface area contributed by atoms with Gasteiger partial charge in [-0.2, -0.15) is 0 Å². The van der Waals surface area contributed by atoms with Gasteiger partial charge in [-0.25, -0.2) is 15.0 Å². The zero-order valence-electron chi connectivity index (χ0n) is 18.1. The van der Waals surface area contributed by atoms with Gasteiger partial charge in [0.15, 0.2) is 23.9 Å². The third-order valence-corrected chi connectivity index (χ3v) is 5.57. The Hall–Kier alpha value is -3.60. The number of hydrogen-bond donors (Lipinski definition) is 5. The van der Waals surface area contributed by atoms with Gasteiger partial charge in [-0.05, 0) is 18.4 Å². The number of hydrogen-bond acceptors (Lipinski definition) is 10. The molecule has 1 unspecified atom stereocenters. The zero-order valence-corrected chi connectivity index (χ0v) is 18.1. The predicted octanol–water partition coefficient (Wildman–Crippen LogP) is -1.09. The predicted molar refractivity (Wildman–Crippen MR) is 118 cm³/mol. The van der Waals surface area contributed by atoms with Crippen molar-refractivity contribution in [1.29, 1.82) is 0 Å². The van der Waals surface area contributed by atoms with Crippen molar-refractivity contribution in [3.63, 3.8) is 0 Å². The van der Waals surface area contributed by atoms with Crippen molar-refractivity contribution >= 4 is 23.4 Å². The van der Waals surface area contributed by atoms with Crippen LogP contribution in [0.4, 0.5) is 5.82 Å². The molecule has 6 N–H and O–H groups in total. The summed E-state index contributed by atoms with van der Waals surface area (Å²) in [5.74, 6) is 5.36. The highest BCUT2D eigenvalue weighted by Gasteiger charge is 2.48. The van der Waals surface area contributed by atoms with E-state index in [-0.39, 0.29) is 29.4 Å². The Bertz CT molecular complexity index is 1230. The van der Waals surface area contributed by atoms with Crippen LogP contribution in [-0.4, -0.2) is 82.3 Å². The first-order valence-corrected chi connectivity index (χ1v) is 10.5. The fourth-order valence-corrected chi connectivity index (χ4v) is 3.71. The number of ether oxygens (including phenoxy) is 1. The molecule has 12 nitrogen and oxygen atoms in total. The van der Waals surface area contributed by atoms with Gasteiger partial charge in [0.1, 0.15) is 29.9 Å². The quantitative estimate of drug-likeness (QED) is 0.169. The number of fused-ring (bicyclic) bond motifs is 1. The molecular weight excluding hydrogens is 444 g/mol. The van der Waals surface area contributed by atoms with E-state index in [1.54, 1.807) is 31.2 Å². The second-order valence-electron chi connectivity index (χ2n) is 7.66. The van der Waals surface area contributed by atoms with Crippen molar-refractivity contribution in [2.45, 2.75) is 43.8 Å². The SMILES string of the molecule is CCN(C=O)[C@@H](O)[C@H]1O[C@@H](n2cnc3c(N)nc(C#CC(O)c4ccccc4)nc32)[C@H](O)[C@@H]1O. The van der Waals surface area contributed by atoms with Gasteiger partial charge in [0.05, 0.1) is 6.33 Å². The first-order valence-electron chi connectivity index (χ1n) is 10.5. The van der Waals surface area contributed by atoms with Gasteiger partial charge < -0.3 is 35.8 Å². The Morgan fingerprint density at radius 2 is 1.97 bits per heavy atom. The lowest BCUT2D eigenvalue weighted by molar-refractivity contribution is -0.152. The molecule has 2 aromatic heterocycles. The average Bonchev–Trinajstić information content (AvgIpc) is 3.40. The summed E-state index contributed by atoms with van der Waals surface area (Å²) < 4.78 is 7.05. The number of carbonyl (C=O) groups is 1. The second kappa shape index (κ2) is 9.72. The molecule has 4 rings (SSSR count). The van der Waals surface area contributed by atoms with Gasteiger partial charge >= 0.3 is 0 Å². The third-order valence-electron chi connectivity index (χ3n) is 5.57. The molecule has 34 heavy (non-hydrogen) atoms. The maximum atomic E-state index is 11.2. The van der Waals surface area contributed by atoms with Crippen LogP contribution < -0.4 is 5.73 Å². The first-order chi connectivity index (χ1) is 16.3. The molecule has 1 fully saturated rings. The van der Waals surface area contributed by atoms with Gasteiger partial charge in [-0.1, -0.05) is 36.3 Å². The van der Waals surface area contributed by atoms with Crippen molar-refractivity contribution in [1.82, 2.24) is 24.4 Å². The topological polar surface area (TPSA) is 180 Å². The normalized spacial score (nSPS) is 23.8. The summed E-state index contributed by atoms with van der Waals surface area (Å²) in [7, 11) is 0. The maximum Gasteiger partial charge on any atom is 0.211 e. The molecule has 1 aliphatic rings. The first kappa shape index (κ1) is 23.6. The van der Waals surface area contributed by atoms with Crippen molar-refractivity contribution in [3.8, 4) is 11.8 Å². The minimum Gasteiger partial charge on any atom is -0.387 e. The van der Waals surface area contributed by atoms with Crippen molar-refractivity contribution in [3.05, 3.63) is 48.0 Å². The fourth-order valence-electron chi connectivity index (χ4n) is 3.71. The van der Waals surface area contributed by atoms with Crippen LogP contribution >= 0.6 is 0 Å². The molecule has 6 atom stereocenters. The van der Waals surface area contributed by atoms with E-state index >= 15 is 0 Å². The number of imidazole rings is 1. The zero-order chi connectivity index (χ0) is 24.4. The Morgan fingerprint density at radius 1 is 1.24 bits per heavy atom. The van der Waals surface area contributed by atoms with Crippen LogP contribution in [0.5, 0.6) is 0 Å². The number of anilines is 1. The van der Waals surface area contributed by atoms with Crippen LogP contribution in [0, 0.1) is 11.8 Å². The molecule has 0 saturated carbocycles. The molecule has 178 valence electrons. The standard InChI is InChI=1S/C22H24N6O6/c1-2-27(11-29)21(33)18-16(31)17(32)22(34-18)28-10-24-15-19(23)25-14(26-20(15)28)9-8-13(30)12-6-4-3-5-7-12/h3-7,10-11,13,16-18,21-22,30-33H,2H2,1H3,(H2,23,25,26)/t13?,16-,17+,18-,21-,22+/m0/s1. The Morgan fingerprint density at radius 3 is 2.65 bits per heavy atom. The molecule has 3 heterocycles. The summed E-state index contributed by atoms with van der Waals surface area (Å²) in [6, 6.07) is 8.83. The molecule has 1 aliphatic heterocycles. The number of carbonyl (C=O) groups excluding carboxylic acids is 1. The number of rotatable bonds is 6. The summed E-state index contributed by atoms with van der Waals surface area (Å²) >= 11 is 0. The highest BCUT2D eigenvalue weighted by molar-refractivity contribution is 5.82. The fraction of sp³-hybridized carbons (Fsp3) is 0.364. The van der Waals surface area contributed by atoms with E-state index in [0.717, 1.165) is 4.90 Å². The lowest BCUT2D eigenvalue weighted by Gasteiger charge is -2.28. The molecular formula is C22H24N6O6. The molecule has 0 spiro atoms. The van der Waals surface area contributed by atoms with Gasteiger partial charge in [0.2, 0.25) is 12.2 Å². The minimum absolute atomic E-state index is 0.00413. The average molecular weight is 468 g/mol. The number of nitrogens with zero attached hydrogens (tertiary/aromatic N) is 5. The Kier molecular flexibility index (Phi) is 6.73. The highest BCUT2D eigenvalue weighted by atomic mass is 16.6. The number of aliphatic hydroxyl groups is 4.